The average Bonchev–Trinajstić information content (AvgIpc) is 2.98. The van der Waals surface area contributed by atoms with Crippen LogP contribution >= 0.6 is 27.7 Å². The van der Waals surface area contributed by atoms with E-state index >= 15 is 0 Å². The Kier molecular flexibility index (Phi) is 4.30. The number of rotatable bonds is 4. The molecule has 3 rings (SSSR count). The molecule has 0 aliphatic heterocycles. The van der Waals surface area contributed by atoms with E-state index in [2.05, 4.69) is 26.1 Å². The van der Waals surface area contributed by atoms with Crippen molar-refractivity contribution >= 4 is 27.7 Å². The molecular formula is C14H9BrN2O4S. The largest absolute Gasteiger partial charge is 0.502 e. The van der Waals surface area contributed by atoms with E-state index in [4.69, 9.17) is 13.9 Å². The third-order valence-electron chi connectivity index (χ3n) is 2.70. The van der Waals surface area contributed by atoms with Crippen molar-refractivity contribution in [1.29, 1.82) is 0 Å². The minimum Gasteiger partial charge on any atom is -0.502 e. The number of thioether (sulfide) groups is 1. The van der Waals surface area contributed by atoms with Gasteiger partial charge >= 0.3 is 0 Å². The van der Waals surface area contributed by atoms with Gasteiger partial charge < -0.3 is 13.9 Å². The highest BCUT2D eigenvalue weighted by atomic mass is 79.9. The van der Waals surface area contributed by atoms with Crippen molar-refractivity contribution in [3.63, 3.8) is 0 Å². The third kappa shape index (κ3) is 3.40. The fraction of sp³-hybridized carbons (Fsp3) is 0.0714. The van der Waals surface area contributed by atoms with Crippen LogP contribution in [0.3, 0.4) is 0 Å². The number of aromatic nitrogens is 2. The van der Waals surface area contributed by atoms with Crippen molar-refractivity contribution in [2.24, 2.45) is 0 Å². The number of benzene rings is 1. The number of halogens is 1. The van der Waals surface area contributed by atoms with Gasteiger partial charge in [0, 0.05) is 16.1 Å². The van der Waals surface area contributed by atoms with Crippen LogP contribution in [0.15, 0.2) is 59.9 Å². The Morgan fingerprint density at radius 1 is 1.23 bits per heavy atom. The molecule has 112 valence electrons. The zero-order valence-corrected chi connectivity index (χ0v) is 13.4. The lowest BCUT2D eigenvalue weighted by atomic mass is 10.2. The normalized spacial score (nSPS) is 10.8. The molecule has 1 aromatic carbocycles. The van der Waals surface area contributed by atoms with Gasteiger partial charge in [-0.25, -0.2) is 0 Å². The Morgan fingerprint density at radius 2 is 2.00 bits per heavy atom. The van der Waals surface area contributed by atoms with E-state index in [9.17, 15) is 4.79 Å². The highest BCUT2D eigenvalue weighted by Gasteiger charge is 2.10. The maximum absolute atomic E-state index is 11.3. The number of nitrogens with zero attached hydrogens (tertiary/aromatic N) is 2. The fourth-order valence-corrected chi connectivity index (χ4v) is 2.55. The molecule has 22 heavy (non-hydrogen) atoms. The maximum atomic E-state index is 11.3. The van der Waals surface area contributed by atoms with E-state index in [-0.39, 0.29) is 0 Å². The molecule has 0 aliphatic carbocycles. The third-order valence-corrected chi connectivity index (χ3v) is 4.07. The van der Waals surface area contributed by atoms with Crippen LogP contribution in [-0.4, -0.2) is 15.3 Å². The van der Waals surface area contributed by atoms with Crippen LogP contribution < -0.4 is 5.43 Å². The van der Waals surface area contributed by atoms with E-state index in [0.29, 0.717) is 22.6 Å². The molecule has 0 fully saturated rings. The molecule has 0 unspecified atom stereocenters. The minimum absolute atomic E-state index is 0.345. The lowest BCUT2D eigenvalue weighted by molar-refractivity contribution is 0.418. The van der Waals surface area contributed by atoms with Crippen molar-refractivity contribution in [1.82, 2.24) is 10.2 Å². The molecular weight excluding hydrogens is 372 g/mol. The summed E-state index contributed by atoms with van der Waals surface area (Å²) in [5.74, 6) is 0.764. The van der Waals surface area contributed by atoms with Crippen LogP contribution in [0.2, 0.25) is 0 Å². The van der Waals surface area contributed by atoms with Gasteiger partial charge in [-0.15, -0.1) is 10.2 Å². The van der Waals surface area contributed by atoms with Crippen molar-refractivity contribution < 1.29 is 13.9 Å². The van der Waals surface area contributed by atoms with Crippen molar-refractivity contribution in [2.45, 2.75) is 11.0 Å². The van der Waals surface area contributed by atoms with E-state index in [1.165, 1.54) is 17.8 Å². The van der Waals surface area contributed by atoms with Crippen LogP contribution in [0.4, 0.5) is 0 Å². The van der Waals surface area contributed by atoms with E-state index in [1.807, 2.05) is 24.3 Å². The zero-order valence-electron chi connectivity index (χ0n) is 11.0. The Morgan fingerprint density at radius 3 is 2.73 bits per heavy atom. The van der Waals surface area contributed by atoms with Gasteiger partial charge in [-0.1, -0.05) is 27.7 Å². The Labute approximate surface area is 137 Å². The first-order chi connectivity index (χ1) is 10.6. The first-order valence-corrected chi connectivity index (χ1v) is 7.92. The SMILES string of the molecule is O=c1cc(CSc2nnc(-c3ccc(Br)cc3)o2)occ1O. The molecule has 2 heterocycles. The molecule has 0 aliphatic rings. The molecule has 0 saturated carbocycles. The molecule has 0 bridgehead atoms. The summed E-state index contributed by atoms with van der Waals surface area (Å²) in [6, 6.07) is 8.74. The molecule has 0 saturated heterocycles. The summed E-state index contributed by atoms with van der Waals surface area (Å²) in [6.07, 6.45) is 1.01. The number of hydrogen-bond acceptors (Lipinski definition) is 7. The summed E-state index contributed by atoms with van der Waals surface area (Å²) in [5, 5.41) is 17.4. The topological polar surface area (TPSA) is 89.4 Å². The summed E-state index contributed by atoms with van der Waals surface area (Å²) in [5.41, 5.74) is 0.335. The highest BCUT2D eigenvalue weighted by molar-refractivity contribution is 9.10. The smallest absolute Gasteiger partial charge is 0.277 e. The molecule has 6 nitrogen and oxygen atoms in total. The molecule has 0 atom stereocenters. The van der Waals surface area contributed by atoms with Gasteiger partial charge in [-0.2, -0.15) is 0 Å². The monoisotopic (exact) mass is 380 g/mol. The predicted octanol–water partition coefficient (Wildman–Crippen LogP) is 3.45. The summed E-state index contributed by atoms with van der Waals surface area (Å²) in [7, 11) is 0. The van der Waals surface area contributed by atoms with Crippen LogP contribution in [0.25, 0.3) is 11.5 Å². The summed E-state index contributed by atoms with van der Waals surface area (Å²) >= 11 is 4.60. The van der Waals surface area contributed by atoms with Crippen molar-refractivity contribution in [3.8, 4) is 17.2 Å². The van der Waals surface area contributed by atoms with Crippen LogP contribution in [0, 0.1) is 0 Å². The molecule has 2 aromatic heterocycles. The summed E-state index contributed by atoms with van der Waals surface area (Å²) < 4.78 is 11.6. The summed E-state index contributed by atoms with van der Waals surface area (Å²) in [4.78, 5) is 11.3. The second-order valence-electron chi connectivity index (χ2n) is 4.26. The average molecular weight is 381 g/mol. The lowest BCUT2D eigenvalue weighted by Gasteiger charge is -1.97. The first-order valence-electron chi connectivity index (χ1n) is 6.15. The second kappa shape index (κ2) is 6.37. The van der Waals surface area contributed by atoms with E-state index in [0.717, 1.165) is 16.3 Å². The van der Waals surface area contributed by atoms with Gasteiger partial charge in [0.15, 0.2) is 5.75 Å². The minimum atomic E-state index is -0.483. The molecule has 0 amide bonds. The summed E-state index contributed by atoms with van der Waals surface area (Å²) in [6.45, 7) is 0. The molecule has 0 spiro atoms. The Bertz CT molecular complexity index is 845. The van der Waals surface area contributed by atoms with Crippen molar-refractivity contribution in [3.05, 3.63) is 57.1 Å². The standard InChI is InChI=1S/C14H9BrN2O4S/c15-9-3-1-8(2-4-9)13-16-17-14(21-13)22-7-10-5-11(18)12(19)6-20-10/h1-6,19H,7H2. The number of hydrogen-bond donors (Lipinski definition) is 1. The first kappa shape index (κ1) is 14.9. The lowest BCUT2D eigenvalue weighted by Crippen LogP contribution is -1.98. The fourth-order valence-electron chi connectivity index (χ4n) is 1.63. The van der Waals surface area contributed by atoms with Crippen LogP contribution in [-0.2, 0) is 5.75 Å². The quantitative estimate of drug-likeness (QED) is 0.693. The molecule has 0 radical (unpaired) electrons. The zero-order chi connectivity index (χ0) is 15.5. The van der Waals surface area contributed by atoms with Crippen LogP contribution in [0.1, 0.15) is 5.76 Å². The maximum Gasteiger partial charge on any atom is 0.277 e. The molecule has 3 aromatic rings. The van der Waals surface area contributed by atoms with Gasteiger partial charge in [0.25, 0.3) is 5.22 Å². The van der Waals surface area contributed by atoms with Crippen molar-refractivity contribution in [2.75, 3.05) is 0 Å². The van der Waals surface area contributed by atoms with Gasteiger partial charge in [-0.3, -0.25) is 4.79 Å². The molecule has 1 N–H and O–H groups in total. The predicted molar refractivity (Wildman–Crippen MR) is 83.6 cm³/mol. The Balaban J connectivity index is 1.70. The van der Waals surface area contributed by atoms with E-state index in [1.54, 1.807) is 0 Å². The van der Waals surface area contributed by atoms with Gasteiger partial charge in [0.05, 0.1) is 5.75 Å². The Hall–Kier alpha value is -2.06. The van der Waals surface area contributed by atoms with Crippen LogP contribution in [0.5, 0.6) is 5.75 Å². The van der Waals surface area contributed by atoms with Gasteiger partial charge in [0.2, 0.25) is 11.3 Å². The van der Waals surface area contributed by atoms with E-state index < -0.39 is 11.2 Å². The van der Waals surface area contributed by atoms with Gasteiger partial charge in [0.1, 0.15) is 12.0 Å². The van der Waals surface area contributed by atoms with Gasteiger partial charge in [-0.05, 0) is 24.3 Å². The highest BCUT2D eigenvalue weighted by Crippen LogP contribution is 2.26. The molecule has 8 heteroatoms. The number of aromatic hydroxyl groups is 1. The second-order valence-corrected chi connectivity index (χ2v) is 6.11.